The van der Waals surface area contributed by atoms with E-state index >= 15 is 0 Å². The number of hydrogen-bond donors (Lipinski definition) is 2. The number of amides is 1. The Morgan fingerprint density at radius 1 is 1.45 bits per heavy atom. The molecule has 0 radical (unpaired) electrons. The van der Waals surface area contributed by atoms with Crippen molar-refractivity contribution >= 4 is 17.5 Å². The summed E-state index contributed by atoms with van der Waals surface area (Å²) in [7, 11) is 0. The zero-order chi connectivity index (χ0) is 15.1. The van der Waals surface area contributed by atoms with Gasteiger partial charge in [-0.25, -0.2) is 0 Å². The van der Waals surface area contributed by atoms with Crippen LogP contribution in [-0.4, -0.2) is 23.7 Å². The number of halogens is 1. The molecule has 1 aromatic carbocycles. The van der Waals surface area contributed by atoms with Gasteiger partial charge in [-0.1, -0.05) is 31.0 Å². The second kappa shape index (κ2) is 8.12. The third-order valence-corrected chi connectivity index (χ3v) is 3.22. The largest absolute Gasteiger partial charge is 0.482 e. The van der Waals surface area contributed by atoms with Gasteiger partial charge in [0.2, 0.25) is 0 Å². The summed E-state index contributed by atoms with van der Waals surface area (Å²) >= 11 is 6.04. The van der Waals surface area contributed by atoms with Crippen LogP contribution >= 0.6 is 11.6 Å². The van der Waals surface area contributed by atoms with Crippen molar-refractivity contribution < 1.29 is 14.6 Å². The molecule has 0 aliphatic rings. The molecule has 0 aliphatic carbocycles. The van der Waals surface area contributed by atoms with Crippen molar-refractivity contribution in [3.05, 3.63) is 28.8 Å². The van der Waals surface area contributed by atoms with Crippen molar-refractivity contribution in [2.24, 2.45) is 0 Å². The molecule has 1 aromatic rings. The van der Waals surface area contributed by atoms with Crippen LogP contribution in [0, 0.1) is 0 Å². The van der Waals surface area contributed by atoms with Gasteiger partial charge in [-0.05, 0) is 38.0 Å². The molecule has 1 rings (SSSR count). The van der Waals surface area contributed by atoms with Crippen LogP contribution in [0.15, 0.2) is 18.2 Å². The quantitative estimate of drug-likeness (QED) is 0.813. The van der Waals surface area contributed by atoms with Gasteiger partial charge in [-0.2, -0.15) is 0 Å². The summed E-state index contributed by atoms with van der Waals surface area (Å²) in [4.78, 5) is 11.7. The Kier molecular flexibility index (Phi) is 6.82. The van der Waals surface area contributed by atoms with Crippen LogP contribution in [0.1, 0.15) is 45.3 Å². The first kappa shape index (κ1) is 16.8. The van der Waals surface area contributed by atoms with E-state index in [0.717, 1.165) is 12.8 Å². The molecular formula is C15H22ClNO3. The Hall–Kier alpha value is -1.26. The van der Waals surface area contributed by atoms with Gasteiger partial charge in [0.05, 0.1) is 11.1 Å². The Morgan fingerprint density at radius 3 is 2.70 bits per heavy atom. The van der Waals surface area contributed by atoms with E-state index in [2.05, 4.69) is 12.2 Å². The maximum atomic E-state index is 11.7. The lowest BCUT2D eigenvalue weighted by molar-refractivity contribution is -0.123. The molecule has 0 aliphatic heterocycles. The minimum atomic E-state index is -0.584. The molecule has 0 aromatic heterocycles. The van der Waals surface area contributed by atoms with Crippen LogP contribution in [0.2, 0.25) is 5.02 Å². The summed E-state index contributed by atoms with van der Waals surface area (Å²) in [5.74, 6) is 0.274. The number of rotatable bonds is 7. The van der Waals surface area contributed by atoms with Crippen molar-refractivity contribution in [2.45, 2.75) is 45.8 Å². The summed E-state index contributed by atoms with van der Waals surface area (Å²) in [5.41, 5.74) is 0.711. The Morgan fingerprint density at radius 2 is 2.15 bits per heavy atom. The normalized spacial score (nSPS) is 13.7. The monoisotopic (exact) mass is 299 g/mol. The van der Waals surface area contributed by atoms with Gasteiger partial charge < -0.3 is 15.2 Å². The average Bonchev–Trinajstić information content (AvgIpc) is 2.37. The summed E-state index contributed by atoms with van der Waals surface area (Å²) in [6, 6.07) is 5.17. The predicted molar refractivity (Wildman–Crippen MR) is 80.1 cm³/mol. The first-order valence-electron chi connectivity index (χ1n) is 6.83. The fraction of sp³-hybridized carbons (Fsp3) is 0.533. The van der Waals surface area contributed by atoms with Gasteiger partial charge in [0.1, 0.15) is 5.75 Å². The molecule has 112 valence electrons. The molecule has 0 saturated carbocycles. The lowest BCUT2D eigenvalue weighted by Gasteiger charge is -2.14. The molecule has 20 heavy (non-hydrogen) atoms. The topological polar surface area (TPSA) is 58.6 Å². The van der Waals surface area contributed by atoms with Gasteiger partial charge >= 0.3 is 0 Å². The molecule has 0 saturated heterocycles. The van der Waals surface area contributed by atoms with Crippen LogP contribution in [0.3, 0.4) is 0 Å². The lowest BCUT2D eigenvalue weighted by atomic mass is 10.1. The molecule has 1 amide bonds. The van der Waals surface area contributed by atoms with E-state index in [1.165, 1.54) is 0 Å². The number of ether oxygens (including phenoxy) is 1. The van der Waals surface area contributed by atoms with E-state index < -0.39 is 6.10 Å². The molecule has 0 heterocycles. The fourth-order valence-corrected chi connectivity index (χ4v) is 2.10. The highest BCUT2D eigenvalue weighted by Crippen LogP contribution is 2.27. The molecule has 5 heteroatoms. The second-order valence-corrected chi connectivity index (χ2v) is 5.32. The van der Waals surface area contributed by atoms with Crippen molar-refractivity contribution in [3.63, 3.8) is 0 Å². The molecule has 1 unspecified atom stereocenters. The van der Waals surface area contributed by atoms with Gasteiger partial charge in [0.15, 0.2) is 6.61 Å². The van der Waals surface area contributed by atoms with E-state index in [0.29, 0.717) is 16.3 Å². The highest BCUT2D eigenvalue weighted by molar-refractivity contribution is 6.32. The molecular weight excluding hydrogens is 278 g/mol. The Labute approximate surface area is 125 Å². The summed E-state index contributed by atoms with van der Waals surface area (Å²) < 4.78 is 5.39. The highest BCUT2D eigenvalue weighted by Gasteiger charge is 2.10. The van der Waals surface area contributed by atoms with E-state index in [-0.39, 0.29) is 18.6 Å². The number of carbonyl (C=O) groups excluding carboxylic acids is 1. The zero-order valence-corrected chi connectivity index (χ0v) is 12.9. The van der Waals surface area contributed by atoms with Crippen LogP contribution < -0.4 is 10.1 Å². The molecule has 0 bridgehead atoms. The van der Waals surface area contributed by atoms with Gasteiger partial charge in [0.25, 0.3) is 5.91 Å². The molecule has 2 atom stereocenters. The zero-order valence-electron chi connectivity index (χ0n) is 12.1. The molecule has 0 fully saturated rings. The van der Waals surface area contributed by atoms with Gasteiger partial charge in [-0.3, -0.25) is 4.79 Å². The van der Waals surface area contributed by atoms with Crippen molar-refractivity contribution in [2.75, 3.05) is 6.61 Å². The Bertz CT molecular complexity index is 449. The predicted octanol–water partition coefficient (Wildman–Crippen LogP) is 3.08. The van der Waals surface area contributed by atoms with E-state index in [9.17, 15) is 9.90 Å². The van der Waals surface area contributed by atoms with Crippen LogP contribution in [0.4, 0.5) is 0 Å². The van der Waals surface area contributed by atoms with Gasteiger partial charge in [-0.15, -0.1) is 0 Å². The van der Waals surface area contributed by atoms with Crippen molar-refractivity contribution in [1.29, 1.82) is 0 Å². The molecule has 0 spiro atoms. The van der Waals surface area contributed by atoms with Crippen molar-refractivity contribution in [1.82, 2.24) is 5.32 Å². The smallest absolute Gasteiger partial charge is 0.258 e. The third-order valence-electron chi connectivity index (χ3n) is 2.93. The third kappa shape index (κ3) is 5.39. The summed E-state index contributed by atoms with van der Waals surface area (Å²) in [5, 5.41) is 12.7. The second-order valence-electron chi connectivity index (χ2n) is 4.91. The number of benzene rings is 1. The minimum Gasteiger partial charge on any atom is -0.482 e. The molecule has 2 N–H and O–H groups in total. The standard InChI is InChI=1S/C15H22ClNO3/c1-4-5-10(2)17-15(19)9-20-14-7-6-12(11(3)18)8-13(14)16/h6-8,10-11,18H,4-5,9H2,1-3H3,(H,17,19)/t10?,11-/m1/s1. The first-order chi connectivity index (χ1) is 9.43. The lowest BCUT2D eigenvalue weighted by Crippen LogP contribution is -2.35. The maximum absolute atomic E-state index is 11.7. The molecule has 4 nitrogen and oxygen atoms in total. The average molecular weight is 300 g/mol. The van der Waals surface area contributed by atoms with Crippen LogP contribution in [0.5, 0.6) is 5.75 Å². The minimum absolute atomic E-state index is 0.0677. The number of carbonyl (C=O) groups is 1. The summed E-state index contributed by atoms with van der Waals surface area (Å²) in [6.07, 6.45) is 1.38. The van der Waals surface area contributed by atoms with E-state index in [4.69, 9.17) is 16.3 Å². The van der Waals surface area contributed by atoms with Crippen molar-refractivity contribution in [3.8, 4) is 5.75 Å². The summed E-state index contributed by atoms with van der Waals surface area (Å²) in [6.45, 7) is 5.63. The number of hydrogen-bond acceptors (Lipinski definition) is 3. The van der Waals surface area contributed by atoms with Gasteiger partial charge in [0, 0.05) is 6.04 Å². The number of aliphatic hydroxyl groups excluding tert-OH is 1. The first-order valence-corrected chi connectivity index (χ1v) is 7.21. The SMILES string of the molecule is CCCC(C)NC(=O)COc1ccc([C@@H](C)O)cc1Cl. The van der Waals surface area contributed by atoms with E-state index in [1.807, 2.05) is 6.92 Å². The maximum Gasteiger partial charge on any atom is 0.258 e. The van der Waals surface area contributed by atoms with E-state index in [1.54, 1.807) is 25.1 Å². The number of aliphatic hydroxyl groups is 1. The Balaban J connectivity index is 2.51. The fourth-order valence-electron chi connectivity index (χ4n) is 1.86. The van der Waals surface area contributed by atoms with Crippen LogP contribution in [-0.2, 0) is 4.79 Å². The highest BCUT2D eigenvalue weighted by atomic mass is 35.5. The number of nitrogens with one attached hydrogen (secondary N) is 1. The van der Waals surface area contributed by atoms with Crippen LogP contribution in [0.25, 0.3) is 0 Å².